The molecule has 0 aliphatic carbocycles. The van der Waals surface area contributed by atoms with Crippen LogP contribution < -0.4 is 10.3 Å². The van der Waals surface area contributed by atoms with Crippen molar-refractivity contribution in [2.24, 2.45) is 7.05 Å². The summed E-state index contributed by atoms with van der Waals surface area (Å²) < 4.78 is 9.58. The zero-order valence-corrected chi connectivity index (χ0v) is 20.2. The van der Waals surface area contributed by atoms with Crippen molar-refractivity contribution in [1.29, 1.82) is 0 Å². The monoisotopic (exact) mass is 476 g/mol. The molecule has 2 aromatic carbocycles. The Morgan fingerprint density at radius 1 is 1.03 bits per heavy atom. The molecule has 5 rings (SSSR count). The summed E-state index contributed by atoms with van der Waals surface area (Å²) in [7, 11) is 2.06. The number of aryl methyl sites for hydroxylation is 2. The molecule has 0 amide bonds. The summed E-state index contributed by atoms with van der Waals surface area (Å²) >= 11 is 5.93. The number of hydrogen-bond donors (Lipinski definition) is 0. The molecule has 0 radical (unpaired) electrons. The molecule has 1 fully saturated rings. The lowest BCUT2D eigenvalue weighted by molar-refractivity contribution is 0.305. The number of pyridine rings is 1. The van der Waals surface area contributed by atoms with Gasteiger partial charge in [-0.1, -0.05) is 23.7 Å². The second-order valence-corrected chi connectivity index (χ2v) is 9.33. The van der Waals surface area contributed by atoms with Crippen LogP contribution in [0.3, 0.4) is 0 Å². The number of ether oxygens (including phenoxy) is 1. The molecule has 1 aliphatic rings. The maximum atomic E-state index is 12.8. The molecule has 0 saturated carbocycles. The van der Waals surface area contributed by atoms with Crippen LogP contribution in [-0.2, 0) is 20.1 Å². The minimum absolute atomic E-state index is 0.138. The third-order valence-electron chi connectivity index (χ3n) is 6.52. The molecule has 1 aliphatic heterocycles. The summed E-state index contributed by atoms with van der Waals surface area (Å²) in [6, 6.07) is 16.8. The molecule has 6 nitrogen and oxygen atoms in total. The Morgan fingerprint density at radius 2 is 1.82 bits per heavy atom. The Kier molecular flexibility index (Phi) is 6.70. The van der Waals surface area contributed by atoms with E-state index >= 15 is 0 Å². The third-order valence-corrected chi connectivity index (χ3v) is 6.77. The van der Waals surface area contributed by atoms with Crippen LogP contribution in [0.25, 0.3) is 16.7 Å². The average Bonchev–Trinajstić information content (AvgIpc) is 3.47. The fourth-order valence-corrected chi connectivity index (χ4v) is 4.71. The number of hydrogen-bond acceptors (Lipinski definition) is 4. The molecule has 0 bridgehead atoms. The molecule has 0 atom stereocenters. The lowest BCUT2D eigenvalue weighted by atomic mass is 10.2. The largest absolute Gasteiger partial charge is 0.489 e. The second kappa shape index (κ2) is 10.0. The van der Waals surface area contributed by atoms with Crippen molar-refractivity contribution in [1.82, 2.24) is 19.0 Å². The molecular weight excluding hydrogens is 448 g/mol. The van der Waals surface area contributed by atoms with E-state index in [1.807, 2.05) is 48.5 Å². The first-order valence-electron chi connectivity index (χ1n) is 11.8. The van der Waals surface area contributed by atoms with Gasteiger partial charge in [0, 0.05) is 30.8 Å². The fraction of sp³-hybridized carbons (Fsp3) is 0.333. The van der Waals surface area contributed by atoms with Crippen LogP contribution in [0.4, 0.5) is 0 Å². The van der Waals surface area contributed by atoms with E-state index in [4.69, 9.17) is 21.3 Å². The van der Waals surface area contributed by atoms with Gasteiger partial charge in [0.1, 0.15) is 18.2 Å². The Balaban J connectivity index is 1.29. The quantitative estimate of drug-likeness (QED) is 0.359. The molecule has 4 aromatic rings. The number of rotatable bonds is 8. The average molecular weight is 477 g/mol. The predicted molar refractivity (Wildman–Crippen MR) is 136 cm³/mol. The Labute approximate surface area is 204 Å². The first kappa shape index (κ1) is 22.7. The zero-order chi connectivity index (χ0) is 23.5. The molecule has 176 valence electrons. The van der Waals surface area contributed by atoms with Gasteiger partial charge in [-0.25, -0.2) is 4.98 Å². The summed E-state index contributed by atoms with van der Waals surface area (Å²) in [4.78, 5) is 20.2. The van der Waals surface area contributed by atoms with E-state index in [0.717, 1.165) is 47.5 Å². The highest BCUT2D eigenvalue weighted by Crippen LogP contribution is 2.21. The Hall–Kier alpha value is -3.09. The van der Waals surface area contributed by atoms with E-state index in [1.165, 1.54) is 32.0 Å². The summed E-state index contributed by atoms with van der Waals surface area (Å²) in [6.45, 7) is 3.97. The van der Waals surface area contributed by atoms with Crippen LogP contribution in [0.5, 0.6) is 5.75 Å². The van der Waals surface area contributed by atoms with E-state index in [9.17, 15) is 4.79 Å². The molecule has 1 saturated heterocycles. The van der Waals surface area contributed by atoms with Crippen molar-refractivity contribution in [3.63, 3.8) is 0 Å². The number of aromatic nitrogens is 3. The van der Waals surface area contributed by atoms with Crippen LogP contribution in [0.15, 0.2) is 65.6 Å². The first-order valence-corrected chi connectivity index (χ1v) is 12.2. The summed E-state index contributed by atoms with van der Waals surface area (Å²) in [5.74, 6) is 1.63. The van der Waals surface area contributed by atoms with Gasteiger partial charge in [0.2, 0.25) is 0 Å². The lowest BCUT2D eigenvalue weighted by Gasteiger charge is -2.13. The van der Waals surface area contributed by atoms with Crippen molar-refractivity contribution in [3.05, 3.63) is 87.6 Å². The minimum atomic E-state index is -0.138. The van der Waals surface area contributed by atoms with Gasteiger partial charge in [-0.05, 0) is 80.9 Å². The molecule has 3 heterocycles. The van der Waals surface area contributed by atoms with Gasteiger partial charge in [-0.15, -0.1) is 0 Å². The smallest absolute Gasteiger partial charge is 0.258 e. The number of imidazole rings is 1. The molecule has 2 aromatic heterocycles. The van der Waals surface area contributed by atoms with E-state index in [-0.39, 0.29) is 5.56 Å². The van der Waals surface area contributed by atoms with Gasteiger partial charge < -0.3 is 14.2 Å². The Bertz CT molecular complexity index is 1340. The summed E-state index contributed by atoms with van der Waals surface area (Å²) in [5, 5.41) is 0.686. The normalized spacial score (nSPS) is 14.2. The third kappa shape index (κ3) is 5.03. The van der Waals surface area contributed by atoms with Gasteiger partial charge in [-0.2, -0.15) is 0 Å². The highest BCUT2D eigenvalue weighted by molar-refractivity contribution is 6.30. The number of halogens is 1. The zero-order valence-electron chi connectivity index (χ0n) is 19.4. The van der Waals surface area contributed by atoms with Crippen molar-refractivity contribution in [3.8, 4) is 11.4 Å². The topological polar surface area (TPSA) is 52.3 Å². The summed E-state index contributed by atoms with van der Waals surface area (Å²) in [5.41, 5.74) is 3.66. The molecule has 7 heteroatoms. The molecule has 0 spiro atoms. The van der Waals surface area contributed by atoms with Crippen LogP contribution in [0, 0.1) is 0 Å². The van der Waals surface area contributed by atoms with Crippen LogP contribution in [-0.4, -0.2) is 38.7 Å². The maximum Gasteiger partial charge on any atom is 0.258 e. The number of nitrogens with zero attached hydrogens (tertiary/aromatic N) is 4. The van der Waals surface area contributed by atoms with E-state index in [2.05, 4.69) is 16.5 Å². The van der Waals surface area contributed by atoms with Crippen LogP contribution in [0.1, 0.15) is 30.7 Å². The van der Waals surface area contributed by atoms with Crippen LogP contribution >= 0.6 is 11.6 Å². The fourth-order valence-electron chi connectivity index (χ4n) is 4.58. The number of likely N-dealkylation sites (tertiary alicyclic amines) is 1. The summed E-state index contributed by atoms with van der Waals surface area (Å²) in [6.07, 6.45) is 6.47. The van der Waals surface area contributed by atoms with Gasteiger partial charge in [-0.3, -0.25) is 9.36 Å². The Morgan fingerprint density at radius 3 is 2.59 bits per heavy atom. The maximum absolute atomic E-state index is 12.8. The number of benzene rings is 2. The lowest BCUT2D eigenvalue weighted by Crippen LogP contribution is -2.21. The van der Waals surface area contributed by atoms with Crippen molar-refractivity contribution < 1.29 is 4.74 Å². The van der Waals surface area contributed by atoms with Gasteiger partial charge in [0.05, 0.1) is 16.7 Å². The second-order valence-electron chi connectivity index (χ2n) is 8.90. The van der Waals surface area contributed by atoms with Crippen LogP contribution in [0.2, 0.25) is 5.02 Å². The molecular formula is C27H29ClN4O2. The highest BCUT2D eigenvalue weighted by atomic mass is 35.5. The SMILES string of the molecule is Cn1c(CCCN2CCCC2)nc2ccc(-n3ccc(OCc4ccc(Cl)cc4)cc3=O)cc21. The van der Waals surface area contributed by atoms with Crippen molar-refractivity contribution >= 4 is 22.6 Å². The number of fused-ring (bicyclic) bond motifs is 1. The highest BCUT2D eigenvalue weighted by Gasteiger charge is 2.13. The first-order chi connectivity index (χ1) is 16.6. The van der Waals surface area contributed by atoms with Crippen molar-refractivity contribution in [2.75, 3.05) is 19.6 Å². The standard InChI is InChI=1S/C27H29ClN4O2/c1-30-25-17-22(10-11-24(25)29-26(30)5-4-15-31-13-2-3-14-31)32-16-12-23(18-27(32)33)34-19-20-6-8-21(28)9-7-20/h6-12,16-18H,2-5,13-15,19H2,1H3. The molecule has 0 unspecified atom stereocenters. The van der Waals surface area contributed by atoms with Gasteiger partial charge >= 0.3 is 0 Å². The minimum Gasteiger partial charge on any atom is -0.489 e. The molecule has 34 heavy (non-hydrogen) atoms. The molecule has 0 N–H and O–H groups in total. The van der Waals surface area contributed by atoms with Gasteiger partial charge in [0.25, 0.3) is 5.56 Å². The van der Waals surface area contributed by atoms with E-state index in [0.29, 0.717) is 17.4 Å². The van der Waals surface area contributed by atoms with Gasteiger partial charge in [0.15, 0.2) is 0 Å². The van der Waals surface area contributed by atoms with E-state index < -0.39 is 0 Å². The predicted octanol–water partition coefficient (Wildman–Crippen LogP) is 4.99. The van der Waals surface area contributed by atoms with E-state index in [1.54, 1.807) is 10.8 Å². The van der Waals surface area contributed by atoms with Crippen molar-refractivity contribution in [2.45, 2.75) is 32.3 Å².